The largest absolute Gasteiger partial charge is 0.399 e. The molecule has 0 bridgehead atoms. The maximum Gasteiger partial charge on any atom is 0.128 e. The van der Waals surface area contributed by atoms with Crippen LogP contribution in [0.25, 0.3) is 0 Å². The van der Waals surface area contributed by atoms with Gasteiger partial charge in [-0.05, 0) is 18.2 Å². The Morgan fingerprint density at radius 1 is 1.57 bits per heavy atom. The fourth-order valence-electron chi connectivity index (χ4n) is 1.60. The summed E-state index contributed by atoms with van der Waals surface area (Å²) in [7, 11) is 0. The minimum absolute atomic E-state index is 0.147. The topological polar surface area (TPSA) is 61.8 Å². The number of hydrogen-bond acceptors (Lipinski definition) is 3. The monoisotopic (exact) mass is 191 g/mol. The molecule has 0 aliphatic carbocycles. The molecule has 3 nitrogen and oxygen atoms in total. The minimum atomic E-state index is -0.309. The molecule has 1 aliphatic heterocycles. The first-order valence-corrected chi connectivity index (χ1v) is 4.40. The third-order valence-electron chi connectivity index (χ3n) is 2.48. The molecule has 1 aliphatic rings. The Hall–Kier alpha value is -1.60. The maximum absolute atomic E-state index is 13.3. The molecule has 2 atom stereocenters. The summed E-state index contributed by atoms with van der Waals surface area (Å²) in [5.41, 5.74) is 6.56. The number of halogens is 1. The van der Waals surface area contributed by atoms with Crippen LogP contribution in [-0.2, 0) is 0 Å². The number of nitrogen functional groups attached to an aromatic ring is 1. The summed E-state index contributed by atoms with van der Waals surface area (Å²) in [5.74, 6) is -0.456. The van der Waals surface area contributed by atoms with E-state index in [0.717, 1.165) is 0 Å². The van der Waals surface area contributed by atoms with Crippen LogP contribution in [0.15, 0.2) is 18.2 Å². The SMILES string of the molecule is N#CC1CNC1c1cc(N)ccc1F. The molecule has 4 heteroatoms. The van der Waals surface area contributed by atoms with Crippen LogP contribution in [0.3, 0.4) is 0 Å². The molecule has 72 valence electrons. The lowest BCUT2D eigenvalue weighted by molar-refractivity contribution is 0.291. The predicted octanol–water partition coefficient (Wildman–Crippen LogP) is 1.19. The Balaban J connectivity index is 2.32. The van der Waals surface area contributed by atoms with Gasteiger partial charge in [-0.25, -0.2) is 4.39 Å². The number of hydrogen-bond donors (Lipinski definition) is 2. The maximum atomic E-state index is 13.3. The van der Waals surface area contributed by atoms with Gasteiger partial charge in [0.1, 0.15) is 5.82 Å². The quantitative estimate of drug-likeness (QED) is 0.655. The summed E-state index contributed by atoms with van der Waals surface area (Å²) in [5, 5.41) is 11.7. The summed E-state index contributed by atoms with van der Waals surface area (Å²) in [6, 6.07) is 6.35. The van der Waals surface area contributed by atoms with E-state index in [-0.39, 0.29) is 17.8 Å². The number of rotatable bonds is 1. The molecule has 1 saturated heterocycles. The lowest BCUT2D eigenvalue weighted by atomic mass is 9.87. The van der Waals surface area contributed by atoms with Crippen molar-refractivity contribution in [3.05, 3.63) is 29.6 Å². The number of nitrogens with one attached hydrogen (secondary N) is 1. The van der Waals surface area contributed by atoms with E-state index in [1.807, 2.05) is 0 Å². The van der Waals surface area contributed by atoms with Gasteiger partial charge in [0, 0.05) is 17.8 Å². The van der Waals surface area contributed by atoms with Gasteiger partial charge in [-0.2, -0.15) is 5.26 Å². The highest BCUT2D eigenvalue weighted by Gasteiger charge is 2.33. The van der Waals surface area contributed by atoms with Gasteiger partial charge in [-0.15, -0.1) is 0 Å². The summed E-state index contributed by atoms with van der Waals surface area (Å²) in [4.78, 5) is 0. The van der Waals surface area contributed by atoms with E-state index in [0.29, 0.717) is 17.8 Å². The molecular weight excluding hydrogens is 181 g/mol. The van der Waals surface area contributed by atoms with Crippen LogP contribution in [0.2, 0.25) is 0 Å². The van der Waals surface area contributed by atoms with Gasteiger partial charge in [-0.3, -0.25) is 0 Å². The second kappa shape index (κ2) is 3.28. The molecule has 2 unspecified atom stereocenters. The van der Waals surface area contributed by atoms with E-state index in [2.05, 4.69) is 11.4 Å². The fourth-order valence-corrected chi connectivity index (χ4v) is 1.60. The zero-order valence-corrected chi connectivity index (χ0v) is 7.50. The molecule has 1 aromatic rings. The first-order chi connectivity index (χ1) is 6.72. The lowest BCUT2D eigenvalue weighted by Gasteiger charge is -2.33. The van der Waals surface area contributed by atoms with Gasteiger partial charge in [-0.1, -0.05) is 0 Å². The average Bonchev–Trinajstić information content (AvgIpc) is 2.10. The fraction of sp³-hybridized carbons (Fsp3) is 0.300. The smallest absolute Gasteiger partial charge is 0.128 e. The second-order valence-electron chi connectivity index (χ2n) is 3.40. The van der Waals surface area contributed by atoms with Gasteiger partial charge < -0.3 is 11.1 Å². The van der Waals surface area contributed by atoms with Crippen molar-refractivity contribution < 1.29 is 4.39 Å². The van der Waals surface area contributed by atoms with Crippen LogP contribution in [0.5, 0.6) is 0 Å². The van der Waals surface area contributed by atoms with Gasteiger partial charge in [0.15, 0.2) is 0 Å². The number of nitriles is 1. The third-order valence-corrected chi connectivity index (χ3v) is 2.48. The van der Waals surface area contributed by atoms with Gasteiger partial charge in [0.25, 0.3) is 0 Å². The van der Waals surface area contributed by atoms with E-state index in [1.165, 1.54) is 12.1 Å². The van der Waals surface area contributed by atoms with Crippen molar-refractivity contribution in [2.24, 2.45) is 5.92 Å². The molecule has 0 saturated carbocycles. The van der Waals surface area contributed by atoms with E-state index in [9.17, 15) is 4.39 Å². The Labute approximate surface area is 81.3 Å². The lowest BCUT2D eigenvalue weighted by Crippen LogP contribution is -2.45. The van der Waals surface area contributed by atoms with E-state index < -0.39 is 0 Å². The first-order valence-electron chi connectivity index (χ1n) is 4.40. The van der Waals surface area contributed by atoms with Crippen LogP contribution in [0, 0.1) is 23.1 Å². The summed E-state index contributed by atoms with van der Waals surface area (Å²) < 4.78 is 13.3. The standard InChI is InChI=1S/C10H10FN3/c11-9-2-1-7(13)3-8(9)10-6(4-12)5-14-10/h1-3,6,10,14H,5,13H2. The Kier molecular flexibility index (Phi) is 2.10. The Morgan fingerprint density at radius 3 is 2.93 bits per heavy atom. The van der Waals surface area contributed by atoms with Crippen LogP contribution in [0.1, 0.15) is 11.6 Å². The molecule has 1 fully saturated rings. The van der Waals surface area contributed by atoms with E-state index in [4.69, 9.17) is 11.0 Å². The molecule has 0 radical (unpaired) electrons. The number of anilines is 1. The average molecular weight is 191 g/mol. The first kappa shape index (κ1) is 8.97. The molecule has 2 rings (SSSR count). The van der Waals surface area contributed by atoms with Crippen LogP contribution < -0.4 is 11.1 Å². The summed E-state index contributed by atoms with van der Waals surface area (Å²) in [6.45, 7) is 0.620. The van der Waals surface area contributed by atoms with Gasteiger partial charge in [0.05, 0.1) is 18.0 Å². The zero-order valence-electron chi connectivity index (χ0n) is 7.50. The molecule has 0 amide bonds. The molecule has 0 aromatic heterocycles. The molecule has 1 aromatic carbocycles. The van der Waals surface area contributed by atoms with Crippen molar-refractivity contribution in [3.8, 4) is 6.07 Å². The van der Waals surface area contributed by atoms with Crippen molar-refractivity contribution in [3.63, 3.8) is 0 Å². The van der Waals surface area contributed by atoms with Crippen LogP contribution >= 0.6 is 0 Å². The van der Waals surface area contributed by atoms with Crippen molar-refractivity contribution in [1.29, 1.82) is 5.26 Å². The van der Waals surface area contributed by atoms with E-state index in [1.54, 1.807) is 6.07 Å². The minimum Gasteiger partial charge on any atom is -0.399 e. The van der Waals surface area contributed by atoms with Crippen LogP contribution in [-0.4, -0.2) is 6.54 Å². The molecule has 14 heavy (non-hydrogen) atoms. The van der Waals surface area contributed by atoms with Crippen molar-refractivity contribution in [1.82, 2.24) is 5.32 Å². The highest BCUT2D eigenvalue weighted by atomic mass is 19.1. The van der Waals surface area contributed by atoms with E-state index >= 15 is 0 Å². The number of nitrogens with two attached hydrogens (primary N) is 1. The van der Waals surface area contributed by atoms with Crippen LogP contribution in [0.4, 0.5) is 10.1 Å². The predicted molar refractivity (Wildman–Crippen MR) is 50.7 cm³/mol. The summed E-state index contributed by atoms with van der Waals surface area (Å²) in [6.07, 6.45) is 0. The van der Waals surface area contributed by atoms with Crippen molar-refractivity contribution in [2.75, 3.05) is 12.3 Å². The highest BCUT2D eigenvalue weighted by molar-refractivity contribution is 5.43. The second-order valence-corrected chi connectivity index (χ2v) is 3.40. The molecule has 0 spiro atoms. The van der Waals surface area contributed by atoms with Crippen molar-refractivity contribution >= 4 is 5.69 Å². The third kappa shape index (κ3) is 1.32. The summed E-state index contributed by atoms with van der Waals surface area (Å²) >= 11 is 0. The Bertz CT molecular complexity index is 397. The Morgan fingerprint density at radius 2 is 2.36 bits per heavy atom. The number of nitrogens with zero attached hydrogens (tertiary/aromatic N) is 1. The van der Waals surface area contributed by atoms with Gasteiger partial charge in [0.2, 0.25) is 0 Å². The zero-order chi connectivity index (χ0) is 10.1. The van der Waals surface area contributed by atoms with Crippen molar-refractivity contribution in [2.45, 2.75) is 6.04 Å². The molecule has 3 N–H and O–H groups in total. The normalized spacial score (nSPS) is 25.1. The van der Waals surface area contributed by atoms with Gasteiger partial charge >= 0.3 is 0 Å². The number of benzene rings is 1. The molecular formula is C10H10FN3. The molecule has 1 heterocycles. The highest BCUT2D eigenvalue weighted by Crippen LogP contribution is 2.31.